The van der Waals surface area contributed by atoms with Gasteiger partial charge >= 0.3 is 5.97 Å². The van der Waals surface area contributed by atoms with Crippen molar-refractivity contribution in [2.24, 2.45) is 0 Å². The largest absolute Gasteiger partial charge is 0.504 e. The molecule has 0 aliphatic heterocycles. The van der Waals surface area contributed by atoms with Crippen molar-refractivity contribution in [2.75, 3.05) is 7.11 Å². The number of carbonyl (C=O) groups excluding carboxylic acids is 1. The molecule has 0 aliphatic carbocycles. The molecule has 2 aromatic carbocycles. The molecule has 3 aromatic rings. The van der Waals surface area contributed by atoms with Gasteiger partial charge < -0.3 is 14.9 Å². The Labute approximate surface area is 119 Å². The van der Waals surface area contributed by atoms with E-state index in [1.54, 1.807) is 6.20 Å². The fourth-order valence-electron chi connectivity index (χ4n) is 2.15. The zero-order chi connectivity index (χ0) is 15.0. The van der Waals surface area contributed by atoms with Crippen LogP contribution in [0.5, 0.6) is 11.5 Å². The molecule has 21 heavy (non-hydrogen) atoms. The maximum atomic E-state index is 11.9. The Kier molecular flexibility index (Phi) is 2.98. The topological polar surface area (TPSA) is 84.6 Å². The van der Waals surface area contributed by atoms with E-state index in [4.69, 9.17) is 0 Å². The first-order valence-electron chi connectivity index (χ1n) is 6.20. The van der Waals surface area contributed by atoms with Crippen LogP contribution >= 0.6 is 0 Å². The first-order chi connectivity index (χ1) is 10.1. The van der Waals surface area contributed by atoms with Crippen LogP contribution in [-0.4, -0.2) is 33.1 Å². The lowest BCUT2D eigenvalue weighted by atomic mass is 10.1. The molecule has 0 atom stereocenters. The number of rotatable bonds is 2. The third kappa shape index (κ3) is 2.06. The summed E-state index contributed by atoms with van der Waals surface area (Å²) in [5.74, 6) is -1.67. The lowest BCUT2D eigenvalue weighted by Gasteiger charge is -2.10. The molecule has 0 saturated heterocycles. The smallest absolute Gasteiger partial charge is 0.344 e. The highest BCUT2D eigenvalue weighted by atomic mass is 16.5. The maximum Gasteiger partial charge on any atom is 0.344 e. The van der Waals surface area contributed by atoms with Crippen LogP contribution in [0.25, 0.3) is 16.6 Å². The quantitative estimate of drug-likeness (QED) is 0.557. The Bertz CT molecular complexity index is 806. The lowest BCUT2D eigenvalue weighted by Crippen LogP contribution is -2.08. The van der Waals surface area contributed by atoms with Gasteiger partial charge in [-0.05, 0) is 18.2 Å². The summed E-state index contributed by atoms with van der Waals surface area (Å²) in [4.78, 5) is 11.9. The van der Waals surface area contributed by atoms with Crippen molar-refractivity contribution in [3.8, 4) is 17.2 Å². The van der Waals surface area contributed by atoms with Crippen LogP contribution in [-0.2, 0) is 4.74 Å². The second-order valence-electron chi connectivity index (χ2n) is 4.45. The molecule has 0 amide bonds. The van der Waals surface area contributed by atoms with Crippen molar-refractivity contribution in [1.29, 1.82) is 0 Å². The van der Waals surface area contributed by atoms with Gasteiger partial charge in [0, 0.05) is 11.6 Å². The molecule has 2 N–H and O–H groups in total. The molecule has 1 aromatic heterocycles. The van der Waals surface area contributed by atoms with Gasteiger partial charge in [-0.3, -0.25) is 0 Å². The molecule has 0 saturated carbocycles. The van der Waals surface area contributed by atoms with Gasteiger partial charge in [0.25, 0.3) is 0 Å². The second-order valence-corrected chi connectivity index (χ2v) is 4.45. The van der Waals surface area contributed by atoms with E-state index in [-0.39, 0.29) is 5.56 Å². The number of aromatic nitrogens is 2. The molecular formula is C15H12N2O4. The van der Waals surface area contributed by atoms with Gasteiger partial charge in [-0.2, -0.15) is 5.10 Å². The van der Waals surface area contributed by atoms with Gasteiger partial charge in [-0.1, -0.05) is 18.2 Å². The summed E-state index contributed by atoms with van der Waals surface area (Å²) in [6, 6.07) is 10.2. The highest BCUT2D eigenvalue weighted by molar-refractivity contribution is 5.97. The number of esters is 1. The zero-order valence-electron chi connectivity index (χ0n) is 11.1. The highest BCUT2D eigenvalue weighted by Gasteiger charge is 2.22. The number of ether oxygens (including phenoxy) is 1. The molecule has 0 fully saturated rings. The number of methoxy groups -OCH3 is 1. The average molecular weight is 284 g/mol. The summed E-state index contributed by atoms with van der Waals surface area (Å²) in [5, 5.41) is 24.7. The highest BCUT2D eigenvalue weighted by Crippen LogP contribution is 2.34. The van der Waals surface area contributed by atoms with Crippen LogP contribution in [0.15, 0.2) is 42.6 Å². The summed E-state index contributed by atoms with van der Waals surface area (Å²) >= 11 is 0. The van der Waals surface area contributed by atoms with Crippen molar-refractivity contribution in [1.82, 2.24) is 9.78 Å². The summed E-state index contributed by atoms with van der Waals surface area (Å²) in [5.41, 5.74) is 0.944. The Balaban J connectivity index is 2.26. The molecule has 0 aliphatic rings. The van der Waals surface area contributed by atoms with Crippen molar-refractivity contribution in [2.45, 2.75) is 0 Å². The van der Waals surface area contributed by atoms with E-state index in [0.29, 0.717) is 5.69 Å². The van der Waals surface area contributed by atoms with E-state index in [0.717, 1.165) is 10.9 Å². The Morgan fingerprint density at radius 2 is 1.95 bits per heavy atom. The Hall–Kier alpha value is -3.02. The monoisotopic (exact) mass is 284 g/mol. The first kappa shape index (κ1) is 13.0. The van der Waals surface area contributed by atoms with Gasteiger partial charge in [-0.15, -0.1) is 0 Å². The molecule has 106 valence electrons. The van der Waals surface area contributed by atoms with E-state index in [1.165, 1.54) is 23.9 Å². The fraction of sp³-hybridized carbons (Fsp3) is 0.0667. The Morgan fingerprint density at radius 1 is 1.19 bits per heavy atom. The number of aromatic hydroxyl groups is 2. The van der Waals surface area contributed by atoms with Gasteiger partial charge in [0.1, 0.15) is 5.56 Å². The van der Waals surface area contributed by atoms with Gasteiger partial charge in [0.05, 0.1) is 18.3 Å². The minimum atomic E-state index is -0.752. The van der Waals surface area contributed by atoms with Crippen LogP contribution in [0.4, 0.5) is 0 Å². The lowest BCUT2D eigenvalue weighted by molar-refractivity contribution is 0.0596. The molecule has 6 nitrogen and oxygen atoms in total. The van der Waals surface area contributed by atoms with Crippen LogP contribution in [0.3, 0.4) is 0 Å². The minimum absolute atomic E-state index is 0.134. The molecular weight excluding hydrogens is 272 g/mol. The Morgan fingerprint density at radius 3 is 2.67 bits per heavy atom. The fourth-order valence-corrected chi connectivity index (χ4v) is 2.15. The molecule has 6 heteroatoms. The van der Waals surface area contributed by atoms with Crippen molar-refractivity contribution in [3.05, 3.63) is 48.2 Å². The third-order valence-electron chi connectivity index (χ3n) is 3.18. The average Bonchev–Trinajstić information content (AvgIpc) is 2.92. The van der Waals surface area contributed by atoms with Gasteiger partial charge in [-0.25, -0.2) is 9.48 Å². The first-order valence-corrected chi connectivity index (χ1v) is 6.20. The molecule has 0 spiro atoms. The molecule has 3 rings (SSSR count). The summed E-state index contributed by atoms with van der Waals surface area (Å²) in [7, 11) is 1.20. The van der Waals surface area contributed by atoms with Crippen molar-refractivity contribution >= 4 is 16.9 Å². The summed E-state index contributed by atoms with van der Waals surface area (Å²) < 4.78 is 6.13. The van der Waals surface area contributed by atoms with Crippen molar-refractivity contribution in [3.63, 3.8) is 0 Å². The van der Waals surface area contributed by atoms with Crippen molar-refractivity contribution < 1.29 is 19.7 Å². The van der Waals surface area contributed by atoms with E-state index < -0.39 is 17.5 Å². The van der Waals surface area contributed by atoms with E-state index in [2.05, 4.69) is 9.84 Å². The van der Waals surface area contributed by atoms with Crippen LogP contribution in [0, 0.1) is 0 Å². The number of nitrogens with zero attached hydrogens (tertiary/aromatic N) is 2. The standard InChI is InChI=1S/C15H12N2O4/c1-21-15(20)13-11(6-7-12(18)14(13)19)17-8-9-4-2-3-5-10(9)16-17/h2-8,18-19H,1H3. The number of fused-ring (bicyclic) bond motifs is 1. The van der Waals surface area contributed by atoms with Crippen LogP contribution in [0.2, 0.25) is 0 Å². The van der Waals surface area contributed by atoms with Gasteiger partial charge in [0.15, 0.2) is 11.5 Å². The summed E-state index contributed by atoms with van der Waals surface area (Å²) in [6.07, 6.45) is 1.73. The predicted octanol–water partition coefficient (Wildman–Crippen LogP) is 2.22. The predicted molar refractivity (Wildman–Crippen MR) is 75.7 cm³/mol. The second kappa shape index (κ2) is 4.82. The molecule has 0 bridgehead atoms. The van der Waals surface area contributed by atoms with Crippen LogP contribution in [0.1, 0.15) is 10.4 Å². The molecule has 1 heterocycles. The van der Waals surface area contributed by atoms with Crippen LogP contribution < -0.4 is 0 Å². The number of hydrogen-bond acceptors (Lipinski definition) is 5. The number of hydrogen-bond donors (Lipinski definition) is 2. The minimum Gasteiger partial charge on any atom is -0.504 e. The zero-order valence-corrected chi connectivity index (χ0v) is 11.1. The number of phenols is 2. The summed E-state index contributed by atoms with van der Waals surface area (Å²) in [6.45, 7) is 0. The third-order valence-corrected chi connectivity index (χ3v) is 3.18. The maximum absolute atomic E-state index is 11.9. The van der Waals surface area contributed by atoms with E-state index in [9.17, 15) is 15.0 Å². The number of carbonyl (C=O) groups is 1. The number of phenolic OH excluding ortho intramolecular Hbond substituents is 2. The van der Waals surface area contributed by atoms with E-state index >= 15 is 0 Å². The SMILES string of the molecule is COC(=O)c1c(-n2cc3ccccc3n2)ccc(O)c1O. The number of benzene rings is 2. The molecule has 0 radical (unpaired) electrons. The normalized spacial score (nSPS) is 10.7. The molecule has 0 unspecified atom stereocenters. The van der Waals surface area contributed by atoms with Gasteiger partial charge in [0.2, 0.25) is 0 Å². The van der Waals surface area contributed by atoms with E-state index in [1.807, 2.05) is 24.3 Å².